The zero-order valence-electron chi connectivity index (χ0n) is 22.6. The van der Waals surface area contributed by atoms with Crippen LogP contribution in [0.25, 0.3) is 0 Å². The minimum absolute atomic E-state index is 0.0903. The van der Waals surface area contributed by atoms with Crippen molar-refractivity contribution in [1.82, 2.24) is 0 Å². The summed E-state index contributed by atoms with van der Waals surface area (Å²) in [5.74, 6) is 3.90. The van der Waals surface area contributed by atoms with Gasteiger partial charge in [-0.3, -0.25) is 4.79 Å². The Morgan fingerprint density at radius 1 is 1.03 bits per heavy atom. The maximum absolute atomic E-state index is 12.5. The highest BCUT2D eigenvalue weighted by molar-refractivity contribution is 5.66. The first kappa shape index (κ1) is 32.0. The maximum atomic E-state index is 12.5. The number of aryl methyl sites for hydroxylation is 1. The molecule has 3 N–H and O–H groups in total. The van der Waals surface area contributed by atoms with Crippen LogP contribution in [0, 0.1) is 42.4 Å². The monoisotopic (exact) mass is 538 g/mol. The highest BCUT2D eigenvalue weighted by Gasteiger charge is 2.40. The molecule has 7 heteroatoms. The van der Waals surface area contributed by atoms with E-state index in [1.165, 1.54) is 0 Å². The third kappa shape index (κ3) is 12.4. The van der Waals surface area contributed by atoms with Crippen LogP contribution >= 0.6 is 0 Å². The van der Waals surface area contributed by atoms with E-state index in [0.717, 1.165) is 5.56 Å². The third-order valence-corrected chi connectivity index (χ3v) is 7.29. The lowest BCUT2D eigenvalue weighted by Gasteiger charge is -2.25. The number of hydrogen-bond acceptors (Lipinski definition) is 6. The minimum atomic E-state index is -0.814. The first-order valence-corrected chi connectivity index (χ1v) is 13.8. The molecule has 0 radical (unpaired) electrons. The molecule has 1 aliphatic rings. The van der Waals surface area contributed by atoms with Crippen LogP contribution in [-0.2, 0) is 20.7 Å². The second-order valence-electron chi connectivity index (χ2n) is 10.3. The van der Waals surface area contributed by atoms with E-state index in [2.05, 4.69) is 11.8 Å². The van der Waals surface area contributed by atoms with Crippen molar-refractivity contribution in [1.29, 1.82) is 0 Å². The Balaban J connectivity index is 1.97. The number of ether oxygens (including phenoxy) is 2. The number of hydrogen-bond donors (Lipinski definition) is 3. The Bertz CT molecular complexity index is 958. The van der Waals surface area contributed by atoms with Crippen molar-refractivity contribution in [2.45, 2.75) is 88.9 Å². The number of aliphatic hydroxyl groups excluding tert-OH is 2. The average Bonchev–Trinajstić information content (AvgIpc) is 3.18. The molecule has 0 saturated heterocycles. The number of aliphatic carboxylic acids is 1. The van der Waals surface area contributed by atoms with Gasteiger partial charge in [0.2, 0.25) is 0 Å². The Labute approximate surface area is 232 Å². The quantitative estimate of drug-likeness (QED) is 0.109. The number of rotatable bonds is 17. The Kier molecular flexibility index (Phi) is 14.8. The zero-order chi connectivity index (χ0) is 28.5. The maximum Gasteiger partial charge on any atom is 0.508 e. The van der Waals surface area contributed by atoms with Gasteiger partial charge in [-0.15, -0.1) is 24.7 Å². The van der Waals surface area contributed by atoms with Gasteiger partial charge in [-0.25, -0.2) is 4.79 Å². The Morgan fingerprint density at radius 2 is 1.72 bits per heavy atom. The van der Waals surface area contributed by atoms with E-state index < -0.39 is 30.4 Å². The summed E-state index contributed by atoms with van der Waals surface area (Å²) in [5.41, 5.74) is 1.13. The third-order valence-electron chi connectivity index (χ3n) is 7.29. The largest absolute Gasteiger partial charge is 0.508 e. The summed E-state index contributed by atoms with van der Waals surface area (Å²) in [6.45, 7) is 0.0903. The van der Waals surface area contributed by atoms with Crippen molar-refractivity contribution in [2.75, 3.05) is 6.61 Å². The van der Waals surface area contributed by atoms with Gasteiger partial charge in [0.05, 0.1) is 18.8 Å². The van der Waals surface area contributed by atoms with Gasteiger partial charge >= 0.3 is 12.1 Å². The van der Waals surface area contributed by atoms with Crippen LogP contribution in [0.15, 0.2) is 42.5 Å². The topological polar surface area (TPSA) is 113 Å². The summed E-state index contributed by atoms with van der Waals surface area (Å²) in [5, 5.41) is 30.0. The Morgan fingerprint density at radius 3 is 2.38 bits per heavy atom. The molecule has 1 fully saturated rings. The molecule has 0 bridgehead atoms. The molecule has 1 saturated carbocycles. The molecular formula is C32H42O7. The second-order valence-corrected chi connectivity index (χ2v) is 10.3. The number of unbranched alkanes of at least 4 members (excludes halogenated alkanes) is 1. The molecule has 0 unspecified atom stereocenters. The van der Waals surface area contributed by atoms with E-state index in [0.29, 0.717) is 64.2 Å². The van der Waals surface area contributed by atoms with Crippen LogP contribution in [0.4, 0.5) is 4.79 Å². The number of carbonyl (C=O) groups is 2. The fraction of sp³-hybridized carbons (Fsp3) is 0.562. The molecule has 5 atom stereocenters. The first-order valence-electron chi connectivity index (χ1n) is 13.8. The summed E-state index contributed by atoms with van der Waals surface area (Å²) >= 11 is 0. The number of allylic oxidation sites excluding steroid dienone is 2. The van der Waals surface area contributed by atoms with Gasteiger partial charge in [0, 0.05) is 25.2 Å². The summed E-state index contributed by atoms with van der Waals surface area (Å²) in [7, 11) is 0. The van der Waals surface area contributed by atoms with Crippen LogP contribution in [0.5, 0.6) is 0 Å². The van der Waals surface area contributed by atoms with Gasteiger partial charge in [-0.2, -0.15) is 0 Å². The molecule has 0 aromatic heterocycles. The van der Waals surface area contributed by atoms with Crippen molar-refractivity contribution >= 4 is 12.1 Å². The number of carboxylic acid groups (broad SMARTS) is 1. The summed E-state index contributed by atoms with van der Waals surface area (Å²) in [6, 6.07) is 9.93. The van der Waals surface area contributed by atoms with Crippen LogP contribution in [0.1, 0.15) is 69.8 Å². The van der Waals surface area contributed by atoms with Crippen LogP contribution in [0.3, 0.4) is 0 Å². The molecule has 2 rings (SSSR count). The smallest absolute Gasteiger partial charge is 0.481 e. The molecule has 0 heterocycles. The number of benzene rings is 1. The number of carbonyl (C=O) groups excluding carboxylic acids is 1. The van der Waals surface area contributed by atoms with Gasteiger partial charge < -0.3 is 24.8 Å². The molecular weight excluding hydrogens is 496 g/mol. The predicted molar refractivity (Wildman–Crippen MR) is 149 cm³/mol. The highest BCUT2D eigenvalue weighted by Crippen LogP contribution is 2.39. The fourth-order valence-electron chi connectivity index (χ4n) is 5.14. The van der Waals surface area contributed by atoms with Gasteiger partial charge in [0.25, 0.3) is 0 Å². The summed E-state index contributed by atoms with van der Waals surface area (Å²) in [6.07, 6.45) is 17.7. The molecule has 1 aliphatic carbocycles. The SMILES string of the molecule is C#CCC(CC#C)COC(=O)O[C@@H](CCc1ccccc1)CC[C@@H]1[C@@H](CC=CCCCC(=O)O)[C@H](O)C[C@H]1O. The van der Waals surface area contributed by atoms with E-state index >= 15 is 0 Å². The second kappa shape index (κ2) is 18.1. The zero-order valence-corrected chi connectivity index (χ0v) is 22.6. The Hall–Kier alpha value is -3.26. The van der Waals surface area contributed by atoms with Crippen LogP contribution in [0.2, 0.25) is 0 Å². The number of aliphatic hydroxyl groups is 2. The molecule has 0 spiro atoms. The first-order chi connectivity index (χ1) is 18.8. The predicted octanol–water partition coefficient (Wildman–Crippen LogP) is 5.14. The fourth-order valence-corrected chi connectivity index (χ4v) is 5.14. The lowest BCUT2D eigenvalue weighted by atomic mass is 9.85. The molecule has 7 nitrogen and oxygen atoms in total. The van der Waals surface area contributed by atoms with E-state index in [1.54, 1.807) is 0 Å². The van der Waals surface area contributed by atoms with Crippen molar-refractivity contribution < 1.29 is 34.4 Å². The van der Waals surface area contributed by atoms with Crippen molar-refractivity contribution in [3.05, 3.63) is 48.0 Å². The van der Waals surface area contributed by atoms with Gasteiger partial charge in [0.15, 0.2) is 0 Å². The molecule has 39 heavy (non-hydrogen) atoms. The number of carboxylic acids is 1. The van der Waals surface area contributed by atoms with Crippen LogP contribution < -0.4 is 0 Å². The standard InChI is InChI=1S/C32H42O7/c1-3-12-25(13-4-2)23-38-32(37)39-26(19-18-24-14-8-7-9-15-24)20-21-28-27(29(33)22-30(28)34)16-10-5-6-11-17-31(35)36/h1-2,5,7-10,14-15,25-30,33-34H,6,11-13,16-23H2,(H,35,36)/t26-,27+,28+,29+,30+/m0/s1. The van der Waals surface area contributed by atoms with E-state index in [1.807, 2.05) is 42.5 Å². The van der Waals surface area contributed by atoms with Crippen molar-refractivity contribution in [3.63, 3.8) is 0 Å². The van der Waals surface area contributed by atoms with Crippen molar-refractivity contribution in [2.24, 2.45) is 17.8 Å². The van der Waals surface area contributed by atoms with Gasteiger partial charge in [-0.1, -0.05) is 42.5 Å². The number of terminal acetylenes is 2. The van der Waals surface area contributed by atoms with Gasteiger partial charge in [-0.05, 0) is 68.8 Å². The molecule has 1 aromatic carbocycles. The molecule has 0 amide bonds. The lowest BCUT2D eigenvalue weighted by molar-refractivity contribution is -0.137. The average molecular weight is 539 g/mol. The molecule has 0 aliphatic heterocycles. The summed E-state index contributed by atoms with van der Waals surface area (Å²) < 4.78 is 11.0. The summed E-state index contributed by atoms with van der Waals surface area (Å²) in [4.78, 5) is 23.2. The van der Waals surface area contributed by atoms with Gasteiger partial charge in [0.1, 0.15) is 6.10 Å². The van der Waals surface area contributed by atoms with Crippen molar-refractivity contribution in [3.8, 4) is 24.7 Å². The molecule has 212 valence electrons. The lowest BCUT2D eigenvalue weighted by Crippen LogP contribution is -2.26. The van der Waals surface area contributed by atoms with Crippen LogP contribution in [-0.4, -0.2) is 52.4 Å². The van der Waals surface area contributed by atoms with E-state index in [-0.39, 0.29) is 30.8 Å². The van der Waals surface area contributed by atoms with E-state index in [9.17, 15) is 19.8 Å². The van der Waals surface area contributed by atoms with E-state index in [4.69, 9.17) is 27.4 Å². The molecule has 1 aromatic rings. The normalized spacial score (nSPS) is 21.4. The minimum Gasteiger partial charge on any atom is -0.481 e. The highest BCUT2D eigenvalue weighted by atomic mass is 16.7.